The Morgan fingerprint density at radius 3 is 2.57 bits per heavy atom. The van der Waals surface area contributed by atoms with Crippen molar-refractivity contribution in [1.82, 2.24) is 0 Å². The van der Waals surface area contributed by atoms with Crippen molar-refractivity contribution in [1.29, 1.82) is 0 Å². The van der Waals surface area contributed by atoms with Gasteiger partial charge in [-0.25, -0.2) is 4.99 Å². The van der Waals surface area contributed by atoms with Crippen molar-refractivity contribution in [3.05, 3.63) is 64.7 Å². The Balaban J connectivity index is 1.50. The van der Waals surface area contributed by atoms with Gasteiger partial charge in [0.05, 0.1) is 22.2 Å². The van der Waals surface area contributed by atoms with Crippen LogP contribution in [0.3, 0.4) is 0 Å². The van der Waals surface area contributed by atoms with Crippen molar-refractivity contribution in [3.63, 3.8) is 0 Å². The van der Waals surface area contributed by atoms with Gasteiger partial charge in [0.25, 0.3) is 0 Å². The van der Waals surface area contributed by atoms with E-state index in [4.69, 9.17) is 21.6 Å². The van der Waals surface area contributed by atoms with Gasteiger partial charge in [0, 0.05) is 5.56 Å². The Hall–Kier alpha value is -2.11. The largest absolute Gasteiger partial charge is 0.324 e. The number of aliphatic imine (C=N–C) groups is 2. The molecular weight excluding hydrogens is 390 g/mol. The maximum atomic E-state index is 12.5. The Labute approximate surface area is 174 Å². The van der Waals surface area contributed by atoms with Crippen LogP contribution in [-0.4, -0.2) is 28.1 Å². The maximum absolute atomic E-state index is 12.5. The number of halogens is 1. The number of carbonyl (C=O) groups is 1. The third-order valence-electron chi connectivity index (χ3n) is 5.11. The molecular formula is C22H22ClN3OS. The number of hydrogen-bond donors (Lipinski definition) is 1. The van der Waals surface area contributed by atoms with Crippen LogP contribution in [0, 0.1) is 6.92 Å². The Morgan fingerprint density at radius 1 is 1.11 bits per heavy atom. The summed E-state index contributed by atoms with van der Waals surface area (Å²) in [6.07, 6.45) is 4.27. The molecule has 144 valence electrons. The van der Waals surface area contributed by atoms with Crippen molar-refractivity contribution in [3.8, 4) is 0 Å². The number of aryl methyl sites for hydroxylation is 1. The molecule has 0 unspecified atom stereocenters. The number of para-hydroxylation sites is 1. The molecule has 1 N–H and O–H groups in total. The van der Waals surface area contributed by atoms with Gasteiger partial charge in [0.15, 0.2) is 5.66 Å². The van der Waals surface area contributed by atoms with E-state index in [0.717, 1.165) is 47.6 Å². The minimum absolute atomic E-state index is 0.0938. The number of hydrogen-bond acceptors (Lipinski definition) is 4. The van der Waals surface area contributed by atoms with Crippen molar-refractivity contribution in [2.24, 2.45) is 9.98 Å². The summed E-state index contributed by atoms with van der Waals surface area (Å²) in [4.78, 5) is 22.5. The van der Waals surface area contributed by atoms with Gasteiger partial charge in [-0.05, 0) is 44.2 Å². The molecule has 1 fully saturated rings. The minimum Gasteiger partial charge on any atom is -0.324 e. The van der Waals surface area contributed by atoms with Gasteiger partial charge in [-0.15, -0.1) is 0 Å². The summed E-state index contributed by atoms with van der Waals surface area (Å²) >= 11 is 7.67. The normalized spacial score (nSPS) is 17.5. The summed E-state index contributed by atoms with van der Waals surface area (Å²) in [5.74, 6) is 0.175. The zero-order valence-corrected chi connectivity index (χ0v) is 17.3. The van der Waals surface area contributed by atoms with Crippen LogP contribution in [0.15, 0.2) is 58.5 Å². The third-order valence-corrected chi connectivity index (χ3v) is 6.39. The average Bonchev–Trinajstić information content (AvgIpc) is 3.31. The summed E-state index contributed by atoms with van der Waals surface area (Å²) in [6, 6.07) is 15.7. The van der Waals surface area contributed by atoms with E-state index >= 15 is 0 Å². The summed E-state index contributed by atoms with van der Waals surface area (Å²) < 4.78 is 0. The van der Waals surface area contributed by atoms with Crippen LogP contribution >= 0.6 is 23.4 Å². The lowest BCUT2D eigenvalue weighted by molar-refractivity contribution is -0.113. The van der Waals surface area contributed by atoms with Crippen LogP contribution in [0.1, 0.15) is 36.8 Å². The molecule has 6 heteroatoms. The van der Waals surface area contributed by atoms with Crippen LogP contribution in [0.4, 0.5) is 5.69 Å². The summed E-state index contributed by atoms with van der Waals surface area (Å²) in [7, 11) is 0. The van der Waals surface area contributed by atoms with E-state index in [0.29, 0.717) is 10.7 Å². The fraction of sp³-hybridized carbons (Fsp3) is 0.318. The molecule has 1 spiro atoms. The number of anilines is 1. The first kappa shape index (κ1) is 19.2. The fourth-order valence-corrected chi connectivity index (χ4v) is 4.82. The van der Waals surface area contributed by atoms with Crippen molar-refractivity contribution in [2.75, 3.05) is 11.1 Å². The molecule has 2 aliphatic rings. The van der Waals surface area contributed by atoms with Crippen LogP contribution in [0.5, 0.6) is 0 Å². The van der Waals surface area contributed by atoms with Crippen molar-refractivity contribution < 1.29 is 4.79 Å². The van der Waals surface area contributed by atoms with Gasteiger partial charge in [-0.2, -0.15) is 0 Å². The Bertz CT molecular complexity index is 929. The zero-order valence-electron chi connectivity index (χ0n) is 15.7. The van der Waals surface area contributed by atoms with Gasteiger partial charge in [0.1, 0.15) is 5.04 Å². The van der Waals surface area contributed by atoms with Crippen LogP contribution in [-0.2, 0) is 4.79 Å². The summed E-state index contributed by atoms with van der Waals surface area (Å²) in [5, 5.41) is 4.34. The first-order valence-corrected chi connectivity index (χ1v) is 10.9. The maximum Gasteiger partial charge on any atom is 0.234 e. The predicted octanol–water partition coefficient (Wildman–Crippen LogP) is 5.49. The SMILES string of the molecule is Cc1cccc(Cl)c1NC(=O)CSC1=NC2(CCCC2)N=C1c1ccccc1. The number of amides is 1. The summed E-state index contributed by atoms with van der Waals surface area (Å²) in [6.45, 7) is 1.93. The highest BCUT2D eigenvalue weighted by Gasteiger charge is 2.39. The van der Waals surface area contributed by atoms with Gasteiger partial charge in [0.2, 0.25) is 5.91 Å². The van der Waals surface area contributed by atoms with Crippen LogP contribution in [0.25, 0.3) is 0 Å². The monoisotopic (exact) mass is 411 g/mol. The minimum atomic E-state index is -0.316. The molecule has 4 nitrogen and oxygen atoms in total. The molecule has 2 aromatic carbocycles. The molecule has 1 saturated carbocycles. The molecule has 1 amide bonds. The zero-order chi connectivity index (χ0) is 19.6. The van der Waals surface area contributed by atoms with Gasteiger partial charge in [-0.3, -0.25) is 9.79 Å². The van der Waals surface area contributed by atoms with E-state index in [1.54, 1.807) is 6.07 Å². The van der Waals surface area contributed by atoms with E-state index in [1.165, 1.54) is 11.8 Å². The highest BCUT2D eigenvalue weighted by atomic mass is 35.5. The Morgan fingerprint density at radius 2 is 1.86 bits per heavy atom. The molecule has 0 bridgehead atoms. The van der Waals surface area contributed by atoms with E-state index in [2.05, 4.69) is 17.4 Å². The van der Waals surface area contributed by atoms with Crippen LogP contribution in [0.2, 0.25) is 5.02 Å². The molecule has 1 aliphatic heterocycles. The van der Waals surface area contributed by atoms with Gasteiger partial charge < -0.3 is 5.32 Å². The number of nitrogens with zero attached hydrogens (tertiary/aromatic N) is 2. The topological polar surface area (TPSA) is 53.8 Å². The fourth-order valence-electron chi connectivity index (χ4n) is 3.67. The van der Waals surface area contributed by atoms with Crippen molar-refractivity contribution in [2.45, 2.75) is 38.3 Å². The number of carbonyl (C=O) groups excluding carboxylic acids is 1. The first-order valence-electron chi connectivity index (χ1n) is 9.50. The molecule has 0 radical (unpaired) electrons. The highest BCUT2D eigenvalue weighted by Crippen LogP contribution is 2.40. The quantitative estimate of drug-likeness (QED) is 0.722. The second kappa shape index (κ2) is 8.10. The average molecular weight is 412 g/mol. The molecule has 0 atom stereocenters. The van der Waals surface area contributed by atoms with E-state index < -0.39 is 0 Å². The lowest BCUT2D eigenvalue weighted by Crippen LogP contribution is -2.18. The van der Waals surface area contributed by atoms with E-state index in [1.807, 2.05) is 37.3 Å². The second-order valence-corrected chi connectivity index (χ2v) is 8.57. The number of rotatable bonds is 4. The number of thioether (sulfide) groups is 1. The van der Waals surface area contributed by atoms with Crippen LogP contribution < -0.4 is 5.32 Å². The molecule has 28 heavy (non-hydrogen) atoms. The predicted molar refractivity (Wildman–Crippen MR) is 119 cm³/mol. The molecule has 1 heterocycles. The van der Waals surface area contributed by atoms with E-state index in [9.17, 15) is 4.79 Å². The molecule has 2 aromatic rings. The lowest BCUT2D eigenvalue weighted by atomic mass is 10.1. The highest BCUT2D eigenvalue weighted by molar-refractivity contribution is 8.16. The second-order valence-electron chi connectivity index (χ2n) is 7.20. The Kier molecular flexibility index (Phi) is 5.56. The first-order chi connectivity index (χ1) is 13.6. The molecule has 1 aliphatic carbocycles. The van der Waals surface area contributed by atoms with E-state index in [-0.39, 0.29) is 17.3 Å². The lowest BCUT2D eigenvalue weighted by Gasteiger charge is -2.14. The van der Waals surface area contributed by atoms with Gasteiger partial charge >= 0.3 is 0 Å². The molecule has 0 aromatic heterocycles. The smallest absolute Gasteiger partial charge is 0.234 e. The van der Waals surface area contributed by atoms with Crippen molar-refractivity contribution >= 4 is 45.7 Å². The number of benzene rings is 2. The third kappa shape index (κ3) is 4.01. The standard InChI is InChI=1S/C22H22ClN3OS/c1-15-8-7-11-17(23)19(15)24-18(27)14-28-21-20(16-9-3-2-4-10-16)25-22(26-21)12-5-6-13-22/h2-4,7-11H,5-6,12-14H2,1H3,(H,24,27). The van der Waals surface area contributed by atoms with Gasteiger partial charge in [-0.1, -0.05) is 65.8 Å². The number of nitrogens with one attached hydrogen (secondary N) is 1. The molecule has 0 saturated heterocycles. The summed E-state index contributed by atoms with van der Waals surface area (Å²) in [5.41, 5.74) is 3.27. The molecule has 4 rings (SSSR count).